The molecule has 0 saturated carbocycles. The highest BCUT2D eigenvalue weighted by Crippen LogP contribution is 2.23. The quantitative estimate of drug-likeness (QED) is 0.849. The minimum atomic E-state index is -0.0424. The van der Waals surface area contributed by atoms with Crippen LogP contribution >= 0.6 is 0 Å². The van der Waals surface area contributed by atoms with E-state index in [1.165, 1.54) is 0 Å². The molecule has 0 aromatic heterocycles. The first-order valence-electron chi connectivity index (χ1n) is 6.96. The van der Waals surface area contributed by atoms with Crippen molar-refractivity contribution < 1.29 is 9.59 Å². The summed E-state index contributed by atoms with van der Waals surface area (Å²) in [5.41, 5.74) is 1.97. The standard InChI is InChI=1S/C15H21N3O2/c1-11(17-14(19)10-16-2)12-5-7-13(8-6-12)18-9-3-4-15(18)20/h5-8,11,16H,3-4,9-10H2,1-2H3,(H,17,19). The fourth-order valence-corrected chi connectivity index (χ4v) is 2.40. The molecule has 5 nitrogen and oxygen atoms in total. The molecule has 1 aromatic carbocycles. The SMILES string of the molecule is CNCC(=O)NC(C)c1ccc(N2CCCC2=O)cc1. The Bertz CT molecular complexity index is 484. The molecule has 1 heterocycles. The Labute approximate surface area is 119 Å². The van der Waals surface area contributed by atoms with E-state index >= 15 is 0 Å². The minimum Gasteiger partial charge on any atom is -0.348 e. The van der Waals surface area contributed by atoms with Crippen LogP contribution in [-0.2, 0) is 9.59 Å². The first kappa shape index (κ1) is 14.5. The van der Waals surface area contributed by atoms with Gasteiger partial charge in [-0.3, -0.25) is 9.59 Å². The van der Waals surface area contributed by atoms with Gasteiger partial charge >= 0.3 is 0 Å². The highest BCUT2D eigenvalue weighted by Gasteiger charge is 2.21. The summed E-state index contributed by atoms with van der Waals surface area (Å²) in [4.78, 5) is 25.0. The summed E-state index contributed by atoms with van der Waals surface area (Å²) in [7, 11) is 1.74. The van der Waals surface area contributed by atoms with Gasteiger partial charge in [0.1, 0.15) is 0 Å². The maximum absolute atomic E-state index is 11.7. The first-order chi connectivity index (χ1) is 9.61. The maximum Gasteiger partial charge on any atom is 0.234 e. The molecule has 2 amide bonds. The summed E-state index contributed by atoms with van der Waals surface area (Å²) >= 11 is 0. The fourth-order valence-electron chi connectivity index (χ4n) is 2.40. The number of likely N-dealkylation sites (N-methyl/N-ethyl adjacent to an activating group) is 1. The molecule has 1 aliphatic heterocycles. The summed E-state index contributed by atoms with van der Waals surface area (Å²) in [5, 5.41) is 5.73. The molecule has 1 aliphatic rings. The third-order valence-electron chi connectivity index (χ3n) is 3.49. The van der Waals surface area contributed by atoms with E-state index in [-0.39, 0.29) is 17.9 Å². The third-order valence-corrected chi connectivity index (χ3v) is 3.49. The lowest BCUT2D eigenvalue weighted by Gasteiger charge is -2.18. The summed E-state index contributed by atoms with van der Waals surface area (Å²) in [5.74, 6) is 0.159. The molecule has 2 N–H and O–H groups in total. The number of nitrogens with one attached hydrogen (secondary N) is 2. The number of amides is 2. The number of hydrogen-bond donors (Lipinski definition) is 2. The van der Waals surface area contributed by atoms with Crippen molar-refractivity contribution in [3.8, 4) is 0 Å². The van der Waals surface area contributed by atoms with Crippen molar-refractivity contribution >= 4 is 17.5 Å². The van der Waals surface area contributed by atoms with Gasteiger partial charge in [0.15, 0.2) is 0 Å². The number of carbonyl (C=O) groups is 2. The van der Waals surface area contributed by atoms with Crippen LogP contribution in [-0.4, -0.2) is 32.0 Å². The predicted molar refractivity (Wildman–Crippen MR) is 78.5 cm³/mol. The van der Waals surface area contributed by atoms with Gasteiger partial charge in [0.05, 0.1) is 12.6 Å². The van der Waals surface area contributed by atoms with E-state index in [0.717, 1.165) is 24.2 Å². The van der Waals surface area contributed by atoms with E-state index in [1.807, 2.05) is 36.1 Å². The molecule has 20 heavy (non-hydrogen) atoms. The molecule has 1 fully saturated rings. The number of rotatable bonds is 5. The second-order valence-electron chi connectivity index (χ2n) is 5.06. The highest BCUT2D eigenvalue weighted by molar-refractivity contribution is 5.95. The Hall–Kier alpha value is -1.88. The average Bonchev–Trinajstić information content (AvgIpc) is 2.85. The van der Waals surface area contributed by atoms with Crippen molar-refractivity contribution in [2.45, 2.75) is 25.8 Å². The van der Waals surface area contributed by atoms with Crippen LogP contribution in [0.3, 0.4) is 0 Å². The van der Waals surface area contributed by atoms with Crippen molar-refractivity contribution in [2.75, 3.05) is 25.0 Å². The zero-order valence-electron chi connectivity index (χ0n) is 12.0. The Morgan fingerprint density at radius 1 is 1.35 bits per heavy atom. The van der Waals surface area contributed by atoms with Crippen LogP contribution < -0.4 is 15.5 Å². The van der Waals surface area contributed by atoms with Gasteiger partial charge in [0, 0.05) is 18.7 Å². The summed E-state index contributed by atoms with van der Waals surface area (Å²) < 4.78 is 0. The largest absolute Gasteiger partial charge is 0.348 e. The molecule has 1 aromatic rings. The normalized spacial score (nSPS) is 16.3. The molecule has 0 radical (unpaired) electrons. The molecule has 0 spiro atoms. The number of carbonyl (C=O) groups excluding carboxylic acids is 2. The topological polar surface area (TPSA) is 61.4 Å². The van der Waals surface area contributed by atoms with Crippen molar-refractivity contribution in [3.05, 3.63) is 29.8 Å². The van der Waals surface area contributed by atoms with Crippen molar-refractivity contribution in [2.24, 2.45) is 0 Å². The van der Waals surface area contributed by atoms with Crippen LogP contribution in [0.5, 0.6) is 0 Å². The molecule has 1 unspecified atom stereocenters. The van der Waals surface area contributed by atoms with E-state index in [0.29, 0.717) is 13.0 Å². The molecule has 108 valence electrons. The number of hydrogen-bond acceptors (Lipinski definition) is 3. The lowest BCUT2D eigenvalue weighted by molar-refractivity contribution is -0.120. The van der Waals surface area contributed by atoms with Gasteiger partial charge in [-0.2, -0.15) is 0 Å². The molecular weight excluding hydrogens is 254 g/mol. The molecule has 1 atom stereocenters. The zero-order chi connectivity index (χ0) is 14.5. The monoisotopic (exact) mass is 275 g/mol. The first-order valence-corrected chi connectivity index (χ1v) is 6.96. The van der Waals surface area contributed by atoms with Gasteiger partial charge in [0.25, 0.3) is 0 Å². The van der Waals surface area contributed by atoms with Gasteiger partial charge in [-0.1, -0.05) is 12.1 Å². The van der Waals surface area contributed by atoms with Gasteiger partial charge in [-0.25, -0.2) is 0 Å². The van der Waals surface area contributed by atoms with E-state index in [4.69, 9.17) is 0 Å². The highest BCUT2D eigenvalue weighted by atomic mass is 16.2. The lowest BCUT2D eigenvalue weighted by atomic mass is 10.1. The van der Waals surface area contributed by atoms with Crippen LogP contribution in [0.4, 0.5) is 5.69 Å². The van der Waals surface area contributed by atoms with Crippen molar-refractivity contribution in [1.29, 1.82) is 0 Å². The van der Waals surface area contributed by atoms with Crippen LogP contribution in [0.2, 0.25) is 0 Å². The second kappa shape index (κ2) is 6.52. The minimum absolute atomic E-state index is 0.0289. The predicted octanol–water partition coefficient (Wildman–Crippen LogP) is 1.21. The molecule has 0 aliphatic carbocycles. The van der Waals surface area contributed by atoms with Crippen LogP contribution in [0.1, 0.15) is 31.4 Å². The van der Waals surface area contributed by atoms with E-state index in [2.05, 4.69) is 10.6 Å². The van der Waals surface area contributed by atoms with Crippen molar-refractivity contribution in [3.63, 3.8) is 0 Å². The number of anilines is 1. The Morgan fingerprint density at radius 2 is 2.05 bits per heavy atom. The van der Waals surface area contributed by atoms with Crippen LogP contribution in [0.25, 0.3) is 0 Å². The van der Waals surface area contributed by atoms with Gasteiger partial charge < -0.3 is 15.5 Å². The van der Waals surface area contributed by atoms with Gasteiger partial charge in [-0.15, -0.1) is 0 Å². The Balaban J connectivity index is 2.00. The lowest BCUT2D eigenvalue weighted by Crippen LogP contribution is -2.33. The van der Waals surface area contributed by atoms with Crippen LogP contribution in [0.15, 0.2) is 24.3 Å². The molecule has 1 saturated heterocycles. The van der Waals surface area contributed by atoms with Gasteiger partial charge in [-0.05, 0) is 38.1 Å². The molecular formula is C15H21N3O2. The Kier molecular flexibility index (Phi) is 4.74. The van der Waals surface area contributed by atoms with Crippen molar-refractivity contribution in [1.82, 2.24) is 10.6 Å². The third kappa shape index (κ3) is 3.36. The summed E-state index contributed by atoms with van der Waals surface area (Å²) in [6, 6.07) is 7.77. The van der Waals surface area contributed by atoms with E-state index in [9.17, 15) is 9.59 Å². The smallest absolute Gasteiger partial charge is 0.234 e. The molecule has 0 bridgehead atoms. The summed E-state index contributed by atoms with van der Waals surface area (Å²) in [6.07, 6.45) is 1.56. The second-order valence-corrected chi connectivity index (χ2v) is 5.06. The van der Waals surface area contributed by atoms with Gasteiger partial charge in [0.2, 0.25) is 11.8 Å². The van der Waals surface area contributed by atoms with E-state index < -0.39 is 0 Å². The molecule has 5 heteroatoms. The van der Waals surface area contributed by atoms with Crippen LogP contribution in [0, 0.1) is 0 Å². The van der Waals surface area contributed by atoms with E-state index in [1.54, 1.807) is 7.05 Å². The molecule has 2 rings (SSSR count). The maximum atomic E-state index is 11.7. The fraction of sp³-hybridized carbons (Fsp3) is 0.467. The number of benzene rings is 1. The average molecular weight is 275 g/mol. The number of nitrogens with zero attached hydrogens (tertiary/aromatic N) is 1. The Morgan fingerprint density at radius 3 is 2.60 bits per heavy atom. The zero-order valence-corrected chi connectivity index (χ0v) is 12.0. The summed E-state index contributed by atoms with van der Waals surface area (Å²) in [6.45, 7) is 3.06.